The first-order valence-corrected chi connectivity index (χ1v) is 10.00. The molecule has 142 valence electrons. The zero-order valence-corrected chi connectivity index (χ0v) is 15.9. The van der Waals surface area contributed by atoms with Gasteiger partial charge in [0, 0.05) is 51.3 Å². The number of hydrogen-bond acceptors (Lipinski definition) is 3. The Bertz CT molecular complexity index is 608. The summed E-state index contributed by atoms with van der Waals surface area (Å²) in [6.45, 7) is 1.87. The largest absolute Gasteiger partial charge is 0.372 e. The van der Waals surface area contributed by atoms with Gasteiger partial charge in [-0.05, 0) is 37.0 Å². The van der Waals surface area contributed by atoms with E-state index >= 15 is 0 Å². The van der Waals surface area contributed by atoms with Crippen LogP contribution < -0.4 is 10.2 Å². The van der Waals surface area contributed by atoms with Gasteiger partial charge in [-0.15, -0.1) is 0 Å². The molecule has 0 spiro atoms. The van der Waals surface area contributed by atoms with E-state index in [1.54, 1.807) is 4.90 Å². The van der Waals surface area contributed by atoms with Gasteiger partial charge in [-0.2, -0.15) is 0 Å². The number of benzene rings is 1. The number of amides is 2. The Balaban J connectivity index is 1.42. The van der Waals surface area contributed by atoms with Crippen LogP contribution in [-0.2, 0) is 16.1 Å². The van der Waals surface area contributed by atoms with Crippen LogP contribution in [0.5, 0.6) is 0 Å². The van der Waals surface area contributed by atoms with Crippen molar-refractivity contribution >= 4 is 17.5 Å². The lowest BCUT2D eigenvalue weighted by atomic mass is 9.94. The maximum atomic E-state index is 12.0. The summed E-state index contributed by atoms with van der Waals surface area (Å²) in [5.74, 6) is 0.184. The fourth-order valence-corrected chi connectivity index (χ4v) is 3.99. The third kappa shape index (κ3) is 4.99. The number of rotatable bonds is 7. The summed E-state index contributed by atoms with van der Waals surface area (Å²) in [4.78, 5) is 27.7. The fourth-order valence-electron chi connectivity index (χ4n) is 3.99. The Hall–Kier alpha value is -2.04. The van der Waals surface area contributed by atoms with Crippen LogP contribution in [0.2, 0.25) is 0 Å². The van der Waals surface area contributed by atoms with Crippen molar-refractivity contribution < 1.29 is 9.59 Å². The van der Waals surface area contributed by atoms with Gasteiger partial charge in [0.25, 0.3) is 0 Å². The molecule has 1 aromatic rings. The first-order chi connectivity index (χ1) is 12.6. The summed E-state index contributed by atoms with van der Waals surface area (Å²) >= 11 is 0. The molecule has 0 radical (unpaired) electrons. The molecule has 1 saturated carbocycles. The molecule has 26 heavy (non-hydrogen) atoms. The highest BCUT2D eigenvalue weighted by molar-refractivity contribution is 5.80. The van der Waals surface area contributed by atoms with Gasteiger partial charge in [-0.1, -0.05) is 31.4 Å². The van der Waals surface area contributed by atoms with E-state index in [9.17, 15) is 9.59 Å². The highest BCUT2D eigenvalue weighted by atomic mass is 16.2. The third-order valence-electron chi connectivity index (χ3n) is 5.74. The summed E-state index contributed by atoms with van der Waals surface area (Å²) in [6.07, 6.45) is 8.54. The van der Waals surface area contributed by atoms with Crippen LogP contribution in [0.25, 0.3) is 0 Å². The smallest absolute Gasteiger partial charge is 0.222 e. The zero-order chi connectivity index (χ0) is 18.4. The van der Waals surface area contributed by atoms with Gasteiger partial charge in [0.15, 0.2) is 0 Å². The molecule has 1 aliphatic heterocycles. The van der Waals surface area contributed by atoms with Crippen LogP contribution in [-0.4, -0.2) is 42.9 Å². The fraction of sp³-hybridized carbons (Fsp3) is 0.619. The minimum absolute atomic E-state index is 0.00750. The maximum absolute atomic E-state index is 12.0. The molecule has 1 aromatic carbocycles. The van der Waals surface area contributed by atoms with Crippen LogP contribution in [0, 0.1) is 0 Å². The lowest BCUT2D eigenvalue weighted by Crippen LogP contribution is -2.33. The summed E-state index contributed by atoms with van der Waals surface area (Å²) in [5, 5.41) is 2.96. The average molecular weight is 357 g/mol. The van der Waals surface area contributed by atoms with Gasteiger partial charge in [-0.3, -0.25) is 9.59 Å². The molecular formula is C21H31N3O2. The summed E-state index contributed by atoms with van der Waals surface area (Å²) in [7, 11) is 2.19. The predicted octanol–water partition coefficient (Wildman–Crippen LogP) is 3.08. The van der Waals surface area contributed by atoms with E-state index in [-0.39, 0.29) is 11.8 Å². The Morgan fingerprint density at radius 2 is 1.88 bits per heavy atom. The average Bonchev–Trinajstić information content (AvgIpc) is 3.10. The number of likely N-dealkylation sites (tertiary alicyclic amines) is 1. The van der Waals surface area contributed by atoms with E-state index in [1.807, 2.05) is 0 Å². The number of anilines is 1. The maximum Gasteiger partial charge on any atom is 0.222 e. The van der Waals surface area contributed by atoms with E-state index in [4.69, 9.17) is 0 Å². The molecular weight excluding hydrogens is 326 g/mol. The number of hydrogen-bond donors (Lipinski definition) is 1. The standard InChI is InChI=1S/C21H31N3O2/c1-23(18-6-3-2-4-7-18)19-11-9-17(10-12-19)16-22-20(25)13-15-24-14-5-8-21(24)26/h9-12,18H,2-8,13-16H2,1H3,(H,22,25). The molecule has 1 N–H and O–H groups in total. The van der Waals surface area contributed by atoms with Crippen molar-refractivity contribution in [3.05, 3.63) is 29.8 Å². The molecule has 5 heteroatoms. The predicted molar refractivity (Wildman–Crippen MR) is 104 cm³/mol. The van der Waals surface area contributed by atoms with Crippen molar-refractivity contribution in [1.29, 1.82) is 0 Å². The molecule has 5 nitrogen and oxygen atoms in total. The lowest BCUT2D eigenvalue weighted by Gasteiger charge is -2.33. The van der Waals surface area contributed by atoms with Crippen molar-refractivity contribution in [2.24, 2.45) is 0 Å². The Kier molecular flexibility index (Phi) is 6.53. The first kappa shape index (κ1) is 18.7. The highest BCUT2D eigenvalue weighted by Crippen LogP contribution is 2.26. The normalized spacial score (nSPS) is 18.2. The highest BCUT2D eigenvalue weighted by Gasteiger charge is 2.20. The molecule has 1 aliphatic carbocycles. The van der Waals surface area contributed by atoms with Crippen molar-refractivity contribution in [2.45, 2.75) is 64.0 Å². The topological polar surface area (TPSA) is 52.7 Å². The SMILES string of the molecule is CN(c1ccc(CNC(=O)CCN2CCCC2=O)cc1)C1CCCCC1. The number of carbonyl (C=O) groups is 2. The van der Waals surface area contributed by atoms with Crippen molar-refractivity contribution in [3.63, 3.8) is 0 Å². The van der Waals surface area contributed by atoms with Crippen molar-refractivity contribution in [3.8, 4) is 0 Å². The number of carbonyl (C=O) groups excluding carboxylic acids is 2. The molecule has 2 amide bonds. The van der Waals surface area contributed by atoms with Gasteiger partial charge in [0.2, 0.25) is 11.8 Å². The molecule has 0 unspecified atom stereocenters. The first-order valence-electron chi connectivity index (χ1n) is 10.00. The quantitative estimate of drug-likeness (QED) is 0.816. The second-order valence-corrected chi connectivity index (χ2v) is 7.58. The lowest BCUT2D eigenvalue weighted by molar-refractivity contribution is -0.128. The summed E-state index contributed by atoms with van der Waals surface area (Å²) < 4.78 is 0. The van der Waals surface area contributed by atoms with Crippen LogP contribution >= 0.6 is 0 Å². The number of nitrogens with one attached hydrogen (secondary N) is 1. The van der Waals surface area contributed by atoms with E-state index in [2.05, 4.69) is 41.5 Å². The Morgan fingerprint density at radius 3 is 2.54 bits per heavy atom. The van der Waals surface area contributed by atoms with Crippen molar-refractivity contribution in [1.82, 2.24) is 10.2 Å². The molecule has 1 saturated heterocycles. The van der Waals surface area contributed by atoms with Gasteiger partial charge >= 0.3 is 0 Å². The van der Waals surface area contributed by atoms with Gasteiger partial charge < -0.3 is 15.1 Å². The molecule has 0 bridgehead atoms. The van der Waals surface area contributed by atoms with Gasteiger partial charge in [0.1, 0.15) is 0 Å². The van der Waals surface area contributed by atoms with E-state index < -0.39 is 0 Å². The van der Waals surface area contributed by atoms with Crippen molar-refractivity contribution in [2.75, 3.05) is 25.0 Å². The minimum atomic E-state index is 0.00750. The molecule has 0 atom stereocenters. The Labute approximate surface area is 156 Å². The second-order valence-electron chi connectivity index (χ2n) is 7.58. The molecule has 1 heterocycles. The van der Waals surface area contributed by atoms with Gasteiger partial charge in [0.05, 0.1) is 0 Å². The monoisotopic (exact) mass is 357 g/mol. The molecule has 2 fully saturated rings. The van der Waals surface area contributed by atoms with E-state index in [1.165, 1.54) is 37.8 Å². The third-order valence-corrected chi connectivity index (χ3v) is 5.74. The van der Waals surface area contributed by atoms with E-state index in [0.717, 1.165) is 18.5 Å². The van der Waals surface area contributed by atoms with Crippen LogP contribution in [0.15, 0.2) is 24.3 Å². The summed E-state index contributed by atoms with van der Waals surface area (Å²) in [6, 6.07) is 9.15. The van der Waals surface area contributed by atoms with Gasteiger partial charge in [-0.25, -0.2) is 0 Å². The zero-order valence-electron chi connectivity index (χ0n) is 15.9. The molecule has 2 aliphatic rings. The van der Waals surface area contributed by atoms with E-state index in [0.29, 0.717) is 32.0 Å². The molecule has 3 rings (SSSR count). The van der Waals surface area contributed by atoms with Crippen LogP contribution in [0.1, 0.15) is 56.9 Å². The van der Waals surface area contributed by atoms with Crippen LogP contribution in [0.4, 0.5) is 5.69 Å². The summed E-state index contributed by atoms with van der Waals surface area (Å²) in [5.41, 5.74) is 2.36. The minimum Gasteiger partial charge on any atom is -0.372 e. The Morgan fingerprint density at radius 1 is 1.15 bits per heavy atom. The number of nitrogens with zero attached hydrogens (tertiary/aromatic N) is 2. The van der Waals surface area contributed by atoms with Crippen LogP contribution in [0.3, 0.4) is 0 Å². The second kappa shape index (κ2) is 9.06. The molecule has 0 aromatic heterocycles.